The molecule has 0 saturated carbocycles. The number of benzene rings is 1. The summed E-state index contributed by atoms with van der Waals surface area (Å²) >= 11 is 1.71. The fourth-order valence-corrected chi connectivity index (χ4v) is 5.36. The van der Waals surface area contributed by atoms with Crippen LogP contribution in [0.3, 0.4) is 0 Å². The van der Waals surface area contributed by atoms with Crippen LogP contribution in [0.4, 0.5) is 0 Å². The average molecular weight is 450 g/mol. The van der Waals surface area contributed by atoms with Gasteiger partial charge in [-0.15, -0.1) is 12.4 Å². The molecule has 4 rings (SSSR count). The Morgan fingerprint density at radius 1 is 1.20 bits per heavy atom. The highest BCUT2D eigenvalue weighted by Gasteiger charge is 2.44. The van der Waals surface area contributed by atoms with Crippen LogP contribution in [-0.4, -0.2) is 49.0 Å². The van der Waals surface area contributed by atoms with E-state index < -0.39 is 0 Å². The Labute approximate surface area is 189 Å². The molecule has 2 aromatic rings. The van der Waals surface area contributed by atoms with Gasteiger partial charge in [-0.1, -0.05) is 12.1 Å². The summed E-state index contributed by atoms with van der Waals surface area (Å²) in [7, 11) is 1.67. The van der Waals surface area contributed by atoms with Gasteiger partial charge in [0.25, 0.3) is 0 Å². The van der Waals surface area contributed by atoms with E-state index in [9.17, 15) is 4.79 Å². The second-order valence-electron chi connectivity index (χ2n) is 8.57. The van der Waals surface area contributed by atoms with Gasteiger partial charge in [0.15, 0.2) is 0 Å². The maximum absolute atomic E-state index is 12.7. The van der Waals surface area contributed by atoms with Gasteiger partial charge in [0, 0.05) is 25.6 Å². The lowest BCUT2D eigenvalue weighted by Crippen LogP contribution is -2.42. The molecular weight excluding hydrogens is 418 g/mol. The number of nitrogens with zero attached hydrogens (tertiary/aromatic N) is 2. The van der Waals surface area contributed by atoms with E-state index in [2.05, 4.69) is 33.9 Å². The Morgan fingerprint density at radius 3 is 2.57 bits per heavy atom. The van der Waals surface area contributed by atoms with Gasteiger partial charge in [0.2, 0.25) is 5.91 Å². The van der Waals surface area contributed by atoms with E-state index >= 15 is 0 Å². The van der Waals surface area contributed by atoms with Crippen LogP contribution < -0.4 is 10.5 Å². The molecule has 1 aromatic heterocycles. The third-order valence-corrected chi connectivity index (χ3v) is 7.28. The van der Waals surface area contributed by atoms with E-state index in [1.165, 1.54) is 5.56 Å². The van der Waals surface area contributed by atoms with E-state index in [1.807, 2.05) is 17.0 Å². The fraction of sp³-hybridized carbons (Fsp3) is 0.522. The minimum atomic E-state index is 0. The standard InChI is InChI=1S/C23H31N3O2S.ClH/c1-28-20-4-2-18(3-5-20)15-26-17-23(14-22(26)27)8-11-25(12-9-23)10-6-21(24)19-7-13-29-16-19;/h2-5,7,13,16,21H,6,8-12,14-15,17,24H2,1H3;1H/t21-;/m0./s1. The topological polar surface area (TPSA) is 58.8 Å². The van der Waals surface area contributed by atoms with Gasteiger partial charge < -0.3 is 20.3 Å². The van der Waals surface area contributed by atoms with Crippen molar-refractivity contribution in [3.8, 4) is 5.75 Å². The summed E-state index contributed by atoms with van der Waals surface area (Å²) in [4.78, 5) is 17.2. The predicted octanol–water partition coefficient (Wildman–Crippen LogP) is 4.08. The zero-order chi connectivity index (χ0) is 20.3. The van der Waals surface area contributed by atoms with Crippen LogP contribution >= 0.6 is 23.7 Å². The van der Waals surface area contributed by atoms with E-state index in [0.717, 1.165) is 56.8 Å². The average Bonchev–Trinajstić information content (AvgIpc) is 3.37. The SMILES string of the molecule is COc1ccc(CN2CC3(CCN(CC[C@H](N)c4ccsc4)CC3)CC2=O)cc1.Cl. The highest BCUT2D eigenvalue weighted by Crippen LogP contribution is 2.41. The normalized spacial score (nSPS) is 19.7. The van der Waals surface area contributed by atoms with Gasteiger partial charge >= 0.3 is 0 Å². The van der Waals surface area contributed by atoms with E-state index in [1.54, 1.807) is 18.4 Å². The van der Waals surface area contributed by atoms with Gasteiger partial charge in [-0.2, -0.15) is 11.3 Å². The van der Waals surface area contributed by atoms with Crippen molar-refractivity contribution in [2.24, 2.45) is 11.1 Å². The van der Waals surface area contributed by atoms with E-state index in [-0.39, 0.29) is 23.9 Å². The first-order chi connectivity index (χ1) is 14.1. The molecule has 5 nitrogen and oxygen atoms in total. The highest BCUT2D eigenvalue weighted by molar-refractivity contribution is 7.07. The number of nitrogens with two attached hydrogens (primary N) is 1. The smallest absolute Gasteiger partial charge is 0.223 e. The van der Waals surface area contributed by atoms with Crippen molar-refractivity contribution in [3.05, 3.63) is 52.2 Å². The molecule has 1 spiro atoms. The van der Waals surface area contributed by atoms with E-state index in [4.69, 9.17) is 10.5 Å². The Bertz CT molecular complexity index is 804. The Hall–Kier alpha value is -1.60. The quantitative estimate of drug-likeness (QED) is 0.691. The van der Waals surface area contributed by atoms with Crippen molar-refractivity contribution in [3.63, 3.8) is 0 Å². The number of carbonyl (C=O) groups excluding carboxylic acids is 1. The summed E-state index contributed by atoms with van der Waals surface area (Å²) < 4.78 is 5.22. The maximum atomic E-state index is 12.7. The van der Waals surface area contributed by atoms with Crippen LogP contribution in [0, 0.1) is 5.41 Å². The van der Waals surface area contributed by atoms with Gasteiger partial charge in [0.05, 0.1) is 7.11 Å². The van der Waals surface area contributed by atoms with Crippen LogP contribution in [0.25, 0.3) is 0 Å². The summed E-state index contributed by atoms with van der Waals surface area (Å²) in [5, 5.41) is 4.24. The molecule has 1 amide bonds. The van der Waals surface area contributed by atoms with Gasteiger partial charge in [0.1, 0.15) is 5.75 Å². The van der Waals surface area contributed by atoms with Crippen molar-refractivity contribution in [1.29, 1.82) is 0 Å². The number of carbonyl (C=O) groups is 1. The number of piperidine rings is 1. The number of methoxy groups -OCH3 is 1. The fourth-order valence-electron chi connectivity index (χ4n) is 4.64. The highest BCUT2D eigenvalue weighted by atomic mass is 35.5. The number of hydrogen-bond donors (Lipinski definition) is 1. The number of amides is 1. The van der Waals surface area contributed by atoms with Crippen molar-refractivity contribution >= 4 is 29.7 Å². The van der Waals surface area contributed by atoms with Crippen molar-refractivity contribution in [2.75, 3.05) is 33.3 Å². The first-order valence-electron chi connectivity index (χ1n) is 10.5. The molecule has 30 heavy (non-hydrogen) atoms. The zero-order valence-electron chi connectivity index (χ0n) is 17.6. The summed E-state index contributed by atoms with van der Waals surface area (Å²) in [6, 6.07) is 10.3. The minimum absolute atomic E-state index is 0. The predicted molar refractivity (Wildman–Crippen MR) is 124 cm³/mol. The van der Waals surface area contributed by atoms with Crippen LogP contribution in [0.1, 0.15) is 42.9 Å². The molecule has 2 aliphatic rings. The third-order valence-electron chi connectivity index (χ3n) is 6.58. The zero-order valence-corrected chi connectivity index (χ0v) is 19.2. The summed E-state index contributed by atoms with van der Waals surface area (Å²) in [6.45, 7) is 4.76. The third kappa shape index (κ3) is 5.35. The Balaban J connectivity index is 0.00000256. The minimum Gasteiger partial charge on any atom is -0.497 e. The monoisotopic (exact) mass is 449 g/mol. The maximum Gasteiger partial charge on any atom is 0.223 e. The summed E-state index contributed by atoms with van der Waals surface area (Å²) in [5.41, 5.74) is 8.90. The Morgan fingerprint density at radius 2 is 1.93 bits per heavy atom. The molecule has 0 aliphatic carbocycles. The lowest BCUT2D eigenvalue weighted by Gasteiger charge is -2.39. The molecule has 2 saturated heterocycles. The largest absolute Gasteiger partial charge is 0.497 e. The molecule has 1 aromatic carbocycles. The number of rotatable bonds is 7. The van der Waals surface area contributed by atoms with Crippen molar-refractivity contribution in [1.82, 2.24) is 9.80 Å². The van der Waals surface area contributed by atoms with Gasteiger partial charge in [-0.3, -0.25) is 4.79 Å². The molecular formula is C23H32ClN3O2S. The van der Waals surface area contributed by atoms with Crippen molar-refractivity contribution < 1.29 is 9.53 Å². The van der Waals surface area contributed by atoms with Gasteiger partial charge in [-0.25, -0.2) is 0 Å². The molecule has 164 valence electrons. The van der Waals surface area contributed by atoms with Crippen LogP contribution in [0.5, 0.6) is 5.75 Å². The first-order valence-corrected chi connectivity index (χ1v) is 11.4. The van der Waals surface area contributed by atoms with Crippen molar-refractivity contribution in [2.45, 2.75) is 38.3 Å². The molecule has 2 fully saturated rings. The van der Waals surface area contributed by atoms with E-state index in [0.29, 0.717) is 18.9 Å². The lowest BCUT2D eigenvalue weighted by molar-refractivity contribution is -0.128. The summed E-state index contributed by atoms with van der Waals surface area (Å²) in [6.07, 6.45) is 3.90. The molecule has 0 radical (unpaired) electrons. The lowest BCUT2D eigenvalue weighted by atomic mass is 9.77. The summed E-state index contributed by atoms with van der Waals surface area (Å²) in [5.74, 6) is 1.15. The number of halogens is 1. The number of ether oxygens (including phenoxy) is 1. The molecule has 2 N–H and O–H groups in total. The van der Waals surface area contributed by atoms with Crippen LogP contribution in [0.15, 0.2) is 41.1 Å². The number of likely N-dealkylation sites (tertiary alicyclic amines) is 2. The molecule has 2 aliphatic heterocycles. The second kappa shape index (κ2) is 10.1. The molecule has 3 heterocycles. The van der Waals surface area contributed by atoms with Gasteiger partial charge in [-0.05, 0) is 84.4 Å². The van der Waals surface area contributed by atoms with Crippen LogP contribution in [-0.2, 0) is 11.3 Å². The first kappa shape index (κ1) is 23.1. The molecule has 1 atom stereocenters. The second-order valence-corrected chi connectivity index (χ2v) is 9.35. The molecule has 0 unspecified atom stereocenters. The number of thiophene rings is 1. The molecule has 0 bridgehead atoms. The Kier molecular flexibility index (Phi) is 7.80. The van der Waals surface area contributed by atoms with Crippen LogP contribution in [0.2, 0.25) is 0 Å². The molecule has 7 heteroatoms. The number of hydrogen-bond acceptors (Lipinski definition) is 5.